The topological polar surface area (TPSA) is 46.9 Å². The van der Waals surface area contributed by atoms with Crippen LogP contribution in [0.25, 0.3) is 17.1 Å². The molecule has 128 valence electrons. The molecule has 2 aliphatic heterocycles. The number of rotatable bonds is 3. The van der Waals surface area contributed by atoms with Crippen molar-refractivity contribution in [3.63, 3.8) is 0 Å². The predicted octanol–water partition coefficient (Wildman–Crippen LogP) is 4.35. The number of dihydropyridines is 1. The molecule has 2 aromatic rings. The van der Waals surface area contributed by atoms with Gasteiger partial charge < -0.3 is 20.2 Å². The molecule has 3 N–H and O–H groups in total. The minimum absolute atomic E-state index is 0.252. The third-order valence-corrected chi connectivity index (χ3v) is 4.94. The van der Waals surface area contributed by atoms with E-state index in [1.807, 2.05) is 0 Å². The lowest BCUT2D eigenvalue weighted by Crippen LogP contribution is -2.24. The quantitative estimate of drug-likeness (QED) is 0.783. The van der Waals surface area contributed by atoms with Gasteiger partial charge in [-0.3, -0.25) is 0 Å². The zero-order valence-electron chi connectivity index (χ0n) is 14.9. The van der Waals surface area contributed by atoms with Crippen molar-refractivity contribution in [2.24, 2.45) is 0 Å². The highest BCUT2D eigenvalue weighted by atomic mass is 15.1. The Bertz CT molecular complexity index is 891. The van der Waals surface area contributed by atoms with E-state index < -0.39 is 0 Å². The Morgan fingerprint density at radius 1 is 0.880 bits per heavy atom. The van der Waals surface area contributed by atoms with Crippen LogP contribution >= 0.6 is 0 Å². The monoisotopic (exact) mass is 332 g/mol. The van der Waals surface area contributed by atoms with Crippen LogP contribution < -0.4 is 5.32 Å². The summed E-state index contributed by atoms with van der Waals surface area (Å²) in [7, 11) is 2.13. The molecule has 0 spiro atoms. The summed E-state index contributed by atoms with van der Waals surface area (Å²) in [6.45, 7) is 4.28. The number of H-pyrrole nitrogens is 2. The predicted molar refractivity (Wildman–Crippen MR) is 104 cm³/mol. The first-order valence-corrected chi connectivity index (χ1v) is 8.73. The second kappa shape index (κ2) is 6.20. The van der Waals surface area contributed by atoms with Crippen LogP contribution in [0, 0.1) is 0 Å². The Morgan fingerprint density at radius 2 is 1.60 bits per heavy atom. The van der Waals surface area contributed by atoms with Crippen LogP contribution in [0.3, 0.4) is 0 Å². The van der Waals surface area contributed by atoms with Crippen molar-refractivity contribution in [1.29, 1.82) is 0 Å². The van der Waals surface area contributed by atoms with Crippen molar-refractivity contribution in [1.82, 2.24) is 20.2 Å². The fourth-order valence-corrected chi connectivity index (χ4v) is 3.36. The second-order valence-electron chi connectivity index (χ2n) is 6.76. The highest BCUT2D eigenvalue weighted by Gasteiger charge is 2.19. The van der Waals surface area contributed by atoms with Gasteiger partial charge in [-0.15, -0.1) is 0 Å². The van der Waals surface area contributed by atoms with Gasteiger partial charge in [0, 0.05) is 24.5 Å². The summed E-state index contributed by atoms with van der Waals surface area (Å²) < 4.78 is 0. The van der Waals surface area contributed by atoms with E-state index in [4.69, 9.17) is 0 Å². The van der Waals surface area contributed by atoms with Gasteiger partial charge in [0.05, 0.1) is 28.8 Å². The fraction of sp³-hybridized carbons (Fsp3) is 0.238. The zero-order valence-corrected chi connectivity index (χ0v) is 14.9. The van der Waals surface area contributed by atoms with Crippen LogP contribution in [0.15, 0.2) is 66.4 Å². The zero-order chi connectivity index (χ0) is 17.4. The van der Waals surface area contributed by atoms with Gasteiger partial charge in [-0.25, -0.2) is 0 Å². The Labute approximate surface area is 148 Å². The molecule has 4 heteroatoms. The van der Waals surface area contributed by atoms with E-state index in [-0.39, 0.29) is 6.04 Å². The van der Waals surface area contributed by atoms with E-state index in [2.05, 4.69) is 102 Å². The number of hydrogen-bond acceptors (Lipinski definition) is 2. The molecule has 0 aliphatic carbocycles. The van der Waals surface area contributed by atoms with Crippen molar-refractivity contribution in [2.75, 3.05) is 7.05 Å². The summed E-state index contributed by atoms with van der Waals surface area (Å²) in [6, 6.07) is 9.17. The molecule has 4 rings (SSSR count). The first-order chi connectivity index (χ1) is 12.1. The van der Waals surface area contributed by atoms with Gasteiger partial charge in [0.15, 0.2) is 0 Å². The maximum Gasteiger partial charge on any atom is 0.0872 e. The van der Waals surface area contributed by atoms with Gasteiger partial charge >= 0.3 is 0 Å². The van der Waals surface area contributed by atoms with E-state index in [1.165, 1.54) is 11.4 Å². The van der Waals surface area contributed by atoms with Crippen molar-refractivity contribution in [2.45, 2.75) is 25.9 Å². The SMILES string of the molecule is CC1=CC=CC(c2ccc(-c3ccc(C4=CC=CC(C)N4)[nH]3)[nH]2)N1C. The lowest BCUT2D eigenvalue weighted by molar-refractivity contribution is 0.351. The minimum atomic E-state index is 0.252. The Hall–Kier alpha value is -2.88. The normalized spacial score (nSPS) is 22.6. The third kappa shape index (κ3) is 2.95. The number of nitrogens with zero attached hydrogens (tertiary/aromatic N) is 1. The van der Waals surface area contributed by atoms with Crippen LogP contribution in [-0.2, 0) is 0 Å². The van der Waals surface area contributed by atoms with Gasteiger partial charge in [-0.2, -0.15) is 0 Å². The van der Waals surface area contributed by atoms with Crippen LogP contribution in [0.4, 0.5) is 0 Å². The molecule has 0 fully saturated rings. The number of allylic oxidation sites excluding steroid dienone is 5. The van der Waals surface area contributed by atoms with Crippen molar-refractivity contribution in [3.8, 4) is 11.4 Å². The van der Waals surface area contributed by atoms with Crippen LogP contribution in [-0.4, -0.2) is 28.0 Å². The minimum Gasteiger partial charge on any atom is -0.377 e. The maximum absolute atomic E-state index is 3.57. The maximum atomic E-state index is 3.57. The summed E-state index contributed by atoms with van der Waals surface area (Å²) in [5, 5.41) is 3.48. The molecule has 2 aliphatic rings. The third-order valence-electron chi connectivity index (χ3n) is 4.94. The number of likely N-dealkylation sites (N-methyl/N-ethyl adjacent to an activating group) is 1. The highest BCUT2D eigenvalue weighted by Crippen LogP contribution is 2.29. The average molecular weight is 332 g/mol. The molecule has 4 heterocycles. The molecular weight excluding hydrogens is 308 g/mol. The molecule has 0 saturated heterocycles. The molecule has 0 saturated carbocycles. The molecule has 2 atom stereocenters. The van der Waals surface area contributed by atoms with Crippen molar-refractivity contribution >= 4 is 5.70 Å². The molecule has 4 nitrogen and oxygen atoms in total. The lowest BCUT2D eigenvalue weighted by Gasteiger charge is -2.30. The molecule has 0 bridgehead atoms. The fourth-order valence-electron chi connectivity index (χ4n) is 3.36. The van der Waals surface area contributed by atoms with E-state index in [1.54, 1.807) is 0 Å². The largest absolute Gasteiger partial charge is 0.377 e. The summed E-state index contributed by atoms with van der Waals surface area (Å²) >= 11 is 0. The standard InChI is InChI=1S/C21H24N4/c1-14-6-4-8-16(22-14)17-10-11-18(23-17)19-12-13-20(24-19)21-9-5-7-15(2)25(21)3/h4-14,21-24H,1-3H3. The van der Waals surface area contributed by atoms with Gasteiger partial charge in [0.1, 0.15) is 0 Å². The number of nitrogens with one attached hydrogen (secondary N) is 3. The van der Waals surface area contributed by atoms with Crippen molar-refractivity contribution in [3.05, 3.63) is 77.8 Å². The Balaban J connectivity index is 1.57. The van der Waals surface area contributed by atoms with Crippen LogP contribution in [0.5, 0.6) is 0 Å². The van der Waals surface area contributed by atoms with Gasteiger partial charge in [0.25, 0.3) is 0 Å². The molecule has 0 amide bonds. The van der Waals surface area contributed by atoms with E-state index >= 15 is 0 Å². The summed E-state index contributed by atoms with van der Waals surface area (Å²) in [5.74, 6) is 0. The summed E-state index contributed by atoms with van der Waals surface area (Å²) in [6.07, 6.45) is 12.8. The molecule has 2 unspecified atom stereocenters. The number of aromatic nitrogens is 2. The van der Waals surface area contributed by atoms with E-state index in [0.717, 1.165) is 22.8 Å². The Morgan fingerprint density at radius 3 is 2.44 bits per heavy atom. The summed E-state index contributed by atoms with van der Waals surface area (Å²) in [5.41, 5.74) is 6.91. The first kappa shape index (κ1) is 15.6. The van der Waals surface area contributed by atoms with E-state index in [0.29, 0.717) is 6.04 Å². The van der Waals surface area contributed by atoms with Crippen molar-refractivity contribution < 1.29 is 0 Å². The van der Waals surface area contributed by atoms with Crippen LogP contribution in [0.2, 0.25) is 0 Å². The highest BCUT2D eigenvalue weighted by molar-refractivity contribution is 5.68. The van der Waals surface area contributed by atoms with E-state index in [9.17, 15) is 0 Å². The van der Waals surface area contributed by atoms with Gasteiger partial charge in [-0.05, 0) is 50.3 Å². The second-order valence-corrected chi connectivity index (χ2v) is 6.76. The molecule has 25 heavy (non-hydrogen) atoms. The number of aromatic amines is 2. The molecular formula is C21H24N4. The number of hydrogen-bond donors (Lipinski definition) is 3. The molecule has 0 radical (unpaired) electrons. The Kier molecular flexibility index (Phi) is 3.88. The summed E-state index contributed by atoms with van der Waals surface area (Å²) in [4.78, 5) is 9.36. The van der Waals surface area contributed by atoms with Gasteiger partial charge in [-0.1, -0.05) is 24.3 Å². The lowest BCUT2D eigenvalue weighted by atomic mass is 10.1. The van der Waals surface area contributed by atoms with Crippen LogP contribution in [0.1, 0.15) is 31.3 Å². The molecule has 0 aromatic carbocycles. The first-order valence-electron chi connectivity index (χ1n) is 8.73. The average Bonchev–Trinajstić information content (AvgIpc) is 3.26. The smallest absolute Gasteiger partial charge is 0.0872 e. The van der Waals surface area contributed by atoms with Gasteiger partial charge in [0.2, 0.25) is 0 Å². The molecule has 2 aromatic heterocycles.